The number of hydrogen-bond donors (Lipinski definition) is 1. The number of Topliss-reactive ketones (excluding diaryl/α,β-unsaturated/α-hetero) is 1. The summed E-state index contributed by atoms with van der Waals surface area (Å²) in [5.74, 6) is 1.29. The summed E-state index contributed by atoms with van der Waals surface area (Å²) in [6.45, 7) is 0. The lowest BCUT2D eigenvalue weighted by molar-refractivity contribution is -0.838. The smallest absolute Gasteiger partial charge is 0.215 e. The van der Waals surface area contributed by atoms with Gasteiger partial charge in [-0.25, -0.2) is 4.98 Å². The van der Waals surface area contributed by atoms with Gasteiger partial charge >= 0.3 is 0 Å². The standard InChI is InChI=1S/C12H18N4OS2.ClH/c1-14-5-4-13-11(14)18-8-10(17)9-19-12-15(2)6-7-16(12)3;/h4-7,12H,8-9H2,1-3H3;1H. The molecule has 8 heteroatoms. The molecule has 112 valence electrons. The Kier molecular flexibility index (Phi) is 6.94. The molecule has 1 aromatic rings. The van der Waals surface area contributed by atoms with E-state index in [0.717, 1.165) is 5.16 Å². The predicted molar refractivity (Wildman–Crippen MR) is 79.0 cm³/mol. The molecule has 1 N–H and O–H groups in total. The number of quaternary nitrogens is 1. The first-order valence-corrected chi connectivity index (χ1v) is 8.08. The van der Waals surface area contributed by atoms with Crippen LogP contribution in [-0.2, 0) is 11.8 Å². The van der Waals surface area contributed by atoms with E-state index in [2.05, 4.69) is 29.3 Å². The minimum atomic E-state index is 0. The van der Waals surface area contributed by atoms with Crippen molar-refractivity contribution in [3.8, 4) is 0 Å². The minimum Gasteiger partial charge on any atom is -1.00 e. The van der Waals surface area contributed by atoms with Crippen LogP contribution >= 0.6 is 23.5 Å². The molecule has 0 bridgehead atoms. The number of ketones is 1. The normalized spacial score (nSPS) is 21.1. The largest absolute Gasteiger partial charge is 1.00 e. The number of nitrogens with one attached hydrogen (secondary N) is 1. The molecule has 0 aromatic carbocycles. The van der Waals surface area contributed by atoms with Crippen LogP contribution in [0.2, 0.25) is 0 Å². The maximum Gasteiger partial charge on any atom is 0.215 e. The van der Waals surface area contributed by atoms with Crippen LogP contribution in [0.15, 0.2) is 30.0 Å². The molecule has 0 saturated carbocycles. The second kappa shape index (κ2) is 7.97. The van der Waals surface area contributed by atoms with Gasteiger partial charge in [-0.05, 0) is 0 Å². The van der Waals surface area contributed by atoms with E-state index >= 15 is 0 Å². The molecule has 0 fully saturated rings. The van der Waals surface area contributed by atoms with Gasteiger partial charge in [0.15, 0.2) is 10.9 Å². The van der Waals surface area contributed by atoms with Gasteiger partial charge in [-0.1, -0.05) is 23.5 Å². The molecule has 0 spiro atoms. The number of aryl methyl sites for hydroxylation is 1. The molecule has 0 aliphatic carbocycles. The molecule has 20 heavy (non-hydrogen) atoms. The van der Waals surface area contributed by atoms with Crippen molar-refractivity contribution in [1.29, 1.82) is 0 Å². The Labute approximate surface area is 134 Å². The van der Waals surface area contributed by atoms with Gasteiger partial charge in [0, 0.05) is 26.5 Å². The van der Waals surface area contributed by atoms with Gasteiger partial charge in [0.2, 0.25) is 5.50 Å². The Morgan fingerprint density at radius 1 is 1.45 bits per heavy atom. The van der Waals surface area contributed by atoms with Crippen LogP contribution in [0.3, 0.4) is 0 Å². The highest BCUT2D eigenvalue weighted by Gasteiger charge is 2.26. The topological polar surface area (TPSA) is 42.6 Å². The molecule has 0 radical (unpaired) electrons. The van der Waals surface area contributed by atoms with E-state index in [1.54, 1.807) is 18.0 Å². The van der Waals surface area contributed by atoms with Gasteiger partial charge in [0.25, 0.3) is 0 Å². The quantitative estimate of drug-likeness (QED) is 0.563. The fourth-order valence-electron chi connectivity index (χ4n) is 1.82. The molecule has 5 nitrogen and oxygen atoms in total. The number of halogens is 1. The number of carbonyl (C=O) groups is 1. The van der Waals surface area contributed by atoms with E-state index in [9.17, 15) is 4.79 Å². The number of hydrogen-bond acceptors (Lipinski definition) is 5. The monoisotopic (exact) mass is 334 g/mol. The fourth-order valence-corrected chi connectivity index (χ4v) is 3.83. The Hall–Kier alpha value is -0.630. The zero-order chi connectivity index (χ0) is 13.8. The molecule has 0 amide bonds. The lowest BCUT2D eigenvalue weighted by Crippen LogP contribution is -3.07. The fraction of sp³-hybridized carbons (Fsp3) is 0.500. The first-order valence-electron chi connectivity index (χ1n) is 6.05. The van der Waals surface area contributed by atoms with Crippen molar-refractivity contribution in [2.24, 2.45) is 7.05 Å². The molecule has 1 aliphatic heterocycles. The summed E-state index contributed by atoms with van der Waals surface area (Å²) in [7, 11) is 6.08. The summed E-state index contributed by atoms with van der Waals surface area (Å²) < 4.78 is 1.93. The maximum absolute atomic E-state index is 11.9. The van der Waals surface area contributed by atoms with E-state index < -0.39 is 0 Å². The average Bonchev–Trinajstić information content (AvgIpc) is 2.92. The molecule has 2 atom stereocenters. The van der Waals surface area contributed by atoms with Crippen molar-refractivity contribution in [1.82, 2.24) is 14.5 Å². The Bertz CT molecular complexity index is 468. The van der Waals surface area contributed by atoms with Crippen molar-refractivity contribution in [3.05, 3.63) is 24.8 Å². The third-order valence-electron chi connectivity index (χ3n) is 2.87. The van der Waals surface area contributed by atoms with Gasteiger partial charge < -0.3 is 21.9 Å². The number of carbonyl (C=O) groups excluding carboxylic acids is 1. The van der Waals surface area contributed by atoms with Crippen molar-refractivity contribution in [3.63, 3.8) is 0 Å². The van der Waals surface area contributed by atoms with E-state index in [1.165, 1.54) is 16.7 Å². The molecule has 1 aliphatic rings. The van der Waals surface area contributed by atoms with Crippen molar-refractivity contribution in [2.45, 2.75) is 10.7 Å². The second-order valence-corrected chi connectivity index (χ2v) is 6.55. The highest BCUT2D eigenvalue weighted by molar-refractivity contribution is 8.01. The molecule has 2 heterocycles. The van der Waals surface area contributed by atoms with E-state index in [0.29, 0.717) is 17.0 Å². The highest BCUT2D eigenvalue weighted by atomic mass is 35.5. The second-order valence-electron chi connectivity index (χ2n) is 4.54. The maximum atomic E-state index is 11.9. The summed E-state index contributed by atoms with van der Waals surface area (Å²) >= 11 is 3.18. The van der Waals surface area contributed by atoms with Crippen LogP contribution in [0, 0.1) is 0 Å². The molecule has 0 saturated heterocycles. The summed E-state index contributed by atoms with van der Waals surface area (Å²) in [6, 6.07) is 0. The molecule has 1 aromatic heterocycles. The lowest BCUT2D eigenvalue weighted by Gasteiger charge is -2.21. The first-order chi connectivity index (χ1) is 9.08. The zero-order valence-electron chi connectivity index (χ0n) is 11.7. The zero-order valence-corrected chi connectivity index (χ0v) is 14.1. The van der Waals surface area contributed by atoms with Gasteiger partial charge in [-0.15, -0.1) is 0 Å². The Morgan fingerprint density at radius 3 is 2.75 bits per heavy atom. The van der Waals surface area contributed by atoms with Crippen LogP contribution in [-0.4, -0.2) is 51.3 Å². The molecular weight excluding hydrogens is 316 g/mol. The van der Waals surface area contributed by atoms with E-state index in [1.807, 2.05) is 24.9 Å². The van der Waals surface area contributed by atoms with E-state index in [4.69, 9.17) is 0 Å². The van der Waals surface area contributed by atoms with Crippen molar-refractivity contribution < 1.29 is 22.1 Å². The van der Waals surface area contributed by atoms with Gasteiger partial charge in [-0.2, -0.15) is 0 Å². The van der Waals surface area contributed by atoms with Gasteiger partial charge in [0.1, 0.15) is 6.20 Å². The summed E-state index contributed by atoms with van der Waals surface area (Å²) in [5.41, 5.74) is 0.308. The first kappa shape index (κ1) is 17.4. The number of imidazole rings is 1. The number of nitrogens with zero attached hydrogens (tertiary/aromatic N) is 3. The van der Waals surface area contributed by atoms with Crippen LogP contribution < -0.4 is 17.3 Å². The third-order valence-corrected chi connectivity index (χ3v) is 5.50. The molecular formula is C12H19ClN4OS2. The minimum absolute atomic E-state index is 0. The van der Waals surface area contributed by atoms with Crippen LogP contribution in [0.1, 0.15) is 0 Å². The summed E-state index contributed by atoms with van der Waals surface area (Å²) in [6.07, 6.45) is 7.79. The number of thioether (sulfide) groups is 2. The van der Waals surface area contributed by atoms with Gasteiger partial charge in [-0.3, -0.25) is 9.69 Å². The summed E-state index contributed by atoms with van der Waals surface area (Å²) in [5, 5.41) is 0.890. The van der Waals surface area contributed by atoms with Gasteiger partial charge in [0.05, 0.1) is 24.8 Å². The van der Waals surface area contributed by atoms with Crippen molar-refractivity contribution in [2.75, 3.05) is 25.6 Å². The Morgan fingerprint density at radius 2 is 2.20 bits per heavy atom. The third kappa shape index (κ3) is 4.44. The lowest BCUT2D eigenvalue weighted by atomic mass is 10.5. The SMILES string of the molecule is CN1C=C[NH+](C)C1SCC(=O)CSc1nccn1C.[Cl-]. The van der Waals surface area contributed by atoms with E-state index in [-0.39, 0.29) is 18.2 Å². The average molecular weight is 335 g/mol. The predicted octanol–water partition coefficient (Wildman–Crippen LogP) is -2.97. The highest BCUT2D eigenvalue weighted by Crippen LogP contribution is 2.17. The molecule has 2 rings (SSSR count). The van der Waals surface area contributed by atoms with Crippen LogP contribution in [0.4, 0.5) is 0 Å². The van der Waals surface area contributed by atoms with Crippen LogP contribution in [0.5, 0.6) is 0 Å². The number of rotatable bonds is 6. The Balaban J connectivity index is 0.00000200. The van der Waals surface area contributed by atoms with Crippen molar-refractivity contribution >= 4 is 29.3 Å². The number of aromatic nitrogens is 2. The summed E-state index contributed by atoms with van der Waals surface area (Å²) in [4.78, 5) is 19.5. The van der Waals surface area contributed by atoms with Crippen LogP contribution in [0.25, 0.3) is 0 Å². The molecule has 2 unspecified atom stereocenters.